The van der Waals surface area contributed by atoms with E-state index in [4.69, 9.17) is 0 Å². The molecule has 0 amide bonds. The molecule has 1 rings (SSSR count). The SMILES string of the molecule is C=C1N=CC=C(C)N1C. The third-order valence-corrected chi connectivity index (χ3v) is 1.46. The van der Waals surface area contributed by atoms with Gasteiger partial charge >= 0.3 is 0 Å². The maximum Gasteiger partial charge on any atom is 0.125 e. The zero-order valence-electron chi connectivity index (χ0n) is 5.76. The molecule has 48 valence electrons. The van der Waals surface area contributed by atoms with E-state index in [-0.39, 0.29) is 0 Å². The predicted octanol–water partition coefficient (Wildman–Crippen LogP) is 1.38. The molecule has 0 spiro atoms. The Bertz CT molecular complexity index is 189. The van der Waals surface area contributed by atoms with Crippen LogP contribution in [0.4, 0.5) is 0 Å². The first kappa shape index (κ1) is 6.08. The lowest BCUT2D eigenvalue weighted by Crippen LogP contribution is -2.15. The first-order valence-corrected chi connectivity index (χ1v) is 2.85. The van der Waals surface area contributed by atoms with E-state index < -0.39 is 0 Å². The van der Waals surface area contributed by atoms with Crippen molar-refractivity contribution in [2.45, 2.75) is 6.92 Å². The molecule has 0 aromatic carbocycles. The summed E-state index contributed by atoms with van der Waals surface area (Å²) >= 11 is 0. The molecule has 2 nitrogen and oxygen atoms in total. The number of hydrogen-bond donors (Lipinski definition) is 0. The lowest BCUT2D eigenvalue weighted by molar-refractivity contribution is 0.514. The van der Waals surface area contributed by atoms with Gasteiger partial charge in [-0.05, 0) is 13.0 Å². The summed E-state index contributed by atoms with van der Waals surface area (Å²) in [7, 11) is 1.95. The van der Waals surface area contributed by atoms with Gasteiger partial charge in [-0.25, -0.2) is 4.99 Å². The number of nitrogens with zero attached hydrogens (tertiary/aromatic N) is 2. The van der Waals surface area contributed by atoms with Crippen LogP contribution in [0.1, 0.15) is 6.92 Å². The molecular weight excluding hydrogens is 112 g/mol. The zero-order valence-corrected chi connectivity index (χ0v) is 5.76. The Kier molecular flexibility index (Phi) is 1.39. The summed E-state index contributed by atoms with van der Waals surface area (Å²) in [6.07, 6.45) is 3.71. The molecular formula is C7H10N2. The van der Waals surface area contributed by atoms with Crippen molar-refractivity contribution in [2.75, 3.05) is 7.05 Å². The summed E-state index contributed by atoms with van der Waals surface area (Å²) in [6.45, 7) is 5.76. The van der Waals surface area contributed by atoms with E-state index in [1.807, 2.05) is 24.9 Å². The van der Waals surface area contributed by atoms with Crippen molar-refractivity contribution < 1.29 is 0 Å². The smallest absolute Gasteiger partial charge is 0.125 e. The highest BCUT2D eigenvalue weighted by Gasteiger charge is 2.03. The Hall–Kier alpha value is -1.05. The monoisotopic (exact) mass is 122 g/mol. The minimum atomic E-state index is 0.801. The third kappa shape index (κ3) is 1.02. The van der Waals surface area contributed by atoms with Crippen LogP contribution in [0.5, 0.6) is 0 Å². The van der Waals surface area contributed by atoms with Crippen LogP contribution in [-0.2, 0) is 0 Å². The van der Waals surface area contributed by atoms with Gasteiger partial charge in [-0.1, -0.05) is 6.58 Å². The summed E-state index contributed by atoms with van der Waals surface area (Å²) < 4.78 is 0. The minimum Gasteiger partial charge on any atom is -0.334 e. The van der Waals surface area contributed by atoms with Crippen molar-refractivity contribution in [3.8, 4) is 0 Å². The van der Waals surface area contributed by atoms with E-state index in [1.165, 1.54) is 5.70 Å². The molecule has 1 aliphatic heterocycles. The van der Waals surface area contributed by atoms with Gasteiger partial charge in [-0.15, -0.1) is 0 Å². The van der Waals surface area contributed by atoms with Gasteiger partial charge in [0.05, 0.1) is 0 Å². The molecule has 0 aromatic rings. The average molecular weight is 122 g/mol. The van der Waals surface area contributed by atoms with E-state index in [2.05, 4.69) is 11.6 Å². The highest BCUT2D eigenvalue weighted by atomic mass is 15.2. The van der Waals surface area contributed by atoms with Crippen LogP contribution in [0.15, 0.2) is 29.2 Å². The Labute approximate surface area is 55.2 Å². The molecule has 0 saturated carbocycles. The Morgan fingerprint density at radius 2 is 2.33 bits per heavy atom. The van der Waals surface area contributed by atoms with Gasteiger partial charge in [0, 0.05) is 19.0 Å². The molecule has 0 saturated heterocycles. The van der Waals surface area contributed by atoms with Crippen LogP contribution in [0.3, 0.4) is 0 Å². The molecule has 1 heterocycles. The topological polar surface area (TPSA) is 15.6 Å². The van der Waals surface area contributed by atoms with Crippen LogP contribution in [-0.4, -0.2) is 18.2 Å². The molecule has 0 aromatic heterocycles. The number of allylic oxidation sites excluding steroid dienone is 2. The van der Waals surface area contributed by atoms with Crippen LogP contribution in [0, 0.1) is 0 Å². The first-order valence-electron chi connectivity index (χ1n) is 2.85. The normalized spacial score (nSPS) is 18.2. The Morgan fingerprint density at radius 3 is 2.78 bits per heavy atom. The largest absolute Gasteiger partial charge is 0.334 e. The molecule has 0 radical (unpaired) electrons. The molecule has 0 aliphatic carbocycles. The van der Waals surface area contributed by atoms with Crippen LogP contribution < -0.4 is 0 Å². The van der Waals surface area contributed by atoms with Crippen LogP contribution >= 0.6 is 0 Å². The third-order valence-electron chi connectivity index (χ3n) is 1.46. The second-order valence-corrected chi connectivity index (χ2v) is 2.06. The van der Waals surface area contributed by atoms with Crippen LogP contribution in [0.2, 0.25) is 0 Å². The van der Waals surface area contributed by atoms with Gasteiger partial charge in [0.15, 0.2) is 0 Å². The summed E-state index contributed by atoms with van der Waals surface area (Å²) in [6, 6.07) is 0. The highest BCUT2D eigenvalue weighted by Crippen LogP contribution is 2.11. The van der Waals surface area contributed by atoms with E-state index >= 15 is 0 Å². The maximum atomic E-state index is 3.99. The van der Waals surface area contributed by atoms with Crippen molar-refractivity contribution in [1.82, 2.24) is 4.90 Å². The van der Waals surface area contributed by atoms with Gasteiger partial charge in [0.1, 0.15) is 5.82 Å². The molecule has 0 N–H and O–H groups in total. The number of aliphatic imine (C=N–C) groups is 1. The van der Waals surface area contributed by atoms with E-state index in [9.17, 15) is 0 Å². The molecule has 1 aliphatic rings. The zero-order chi connectivity index (χ0) is 6.85. The van der Waals surface area contributed by atoms with Crippen molar-refractivity contribution >= 4 is 6.21 Å². The number of rotatable bonds is 0. The molecule has 0 atom stereocenters. The van der Waals surface area contributed by atoms with Gasteiger partial charge in [-0.2, -0.15) is 0 Å². The summed E-state index contributed by atoms with van der Waals surface area (Å²) in [5.41, 5.74) is 1.18. The molecule has 0 fully saturated rings. The average Bonchev–Trinajstić information content (AvgIpc) is 1.83. The van der Waals surface area contributed by atoms with Crippen molar-refractivity contribution in [3.63, 3.8) is 0 Å². The Balaban J connectivity index is 2.86. The molecule has 9 heavy (non-hydrogen) atoms. The van der Waals surface area contributed by atoms with E-state index in [0.717, 1.165) is 5.82 Å². The lowest BCUT2D eigenvalue weighted by atomic mass is 10.3. The van der Waals surface area contributed by atoms with E-state index in [0.29, 0.717) is 0 Å². The van der Waals surface area contributed by atoms with Gasteiger partial charge in [0.2, 0.25) is 0 Å². The fraction of sp³-hybridized carbons (Fsp3) is 0.286. The summed E-state index contributed by atoms with van der Waals surface area (Å²) in [5, 5.41) is 0. The Morgan fingerprint density at radius 1 is 1.67 bits per heavy atom. The summed E-state index contributed by atoms with van der Waals surface area (Å²) in [5.74, 6) is 0.801. The fourth-order valence-corrected chi connectivity index (χ4v) is 0.633. The fourth-order valence-electron chi connectivity index (χ4n) is 0.633. The van der Waals surface area contributed by atoms with Gasteiger partial charge in [-0.3, -0.25) is 0 Å². The van der Waals surface area contributed by atoms with Gasteiger partial charge < -0.3 is 4.90 Å². The van der Waals surface area contributed by atoms with Gasteiger partial charge in [0.25, 0.3) is 0 Å². The van der Waals surface area contributed by atoms with Crippen molar-refractivity contribution in [2.24, 2.45) is 4.99 Å². The predicted molar refractivity (Wildman–Crippen MR) is 39.2 cm³/mol. The first-order chi connectivity index (χ1) is 4.22. The second-order valence-electron chi connectivity index (χ2n) is 2.06. The highest BCUT2D eigenvalue weighted by molar-refractivity contribution is 5.74. The summed E-state index contributed by atoms with van der Waals surface area (Å²) in [4.78, 5) is 5.94. The molecule has 0 bridgehead atoms. The van der Waals surface area contributed by atoms with Crippen LogP contribution in [0.25, 0.3) is 0 Å². The van der Waals surface area contributed by atoms with Crippen molar-refractivity contribution in [3.05, 3.63) is 24.2 Å². The molecule has 2 heteroatoms. The molecule has 0 unspecified atom stereocenters. The standard InChI is InChI=1S/C7H10N2/c1-6-4-5-8-7(2)9(6)3/h4-5H,2H2,1,3H3. The minimum absolute atomic E-state index is 0.801. The second kappa shape index (κ2) is 2.05. The lowest BCUT2D eigenvalue weighted by Gasteiger charge is -2.20. The van der Waals surface area contributed by atoms with E-state index in [1.54, 1.807) is 6.21 Å². The van der Waals surface area contributed by atoms with Crippen molar-refractivity contribution in [1.29, 1.82) is 0 Å². The number of hydrogen-bond acceptors (Lipinski definition) is 2. The maximum absolute atomic E-state index is 3.99. The quantitative estimate of drug-likeness (QED) is 0.474.